The normalized spacial score (nSPS) is 15.0. The van der Waals surface area contributed by atoms with Gasteiger partial charge in [-0.2, -0.15) is 20.4 Å². The van der Waals surface area contributed by atoms with Crippen LogP contribution in [0.25, 0.3) is 0 Å². The molecule has 1 aliphatic rings. The van der Waals surface area contributed by atoms with Crippen molar-refractivity contribution >= 4 is 11.6 Å². The summed E-state index contributed by atoms with van der Waals surface area (Å²) >= 11 is 0. The van der Waals surface area contributed by atoms with Crippen molar-refractivity contribution in [3.05, 3.63) is 77.4 Å². The van der Waals surface area contributed by atoms with Crippen molar-refractivity contribution in [2.75, 3.05) is 11.4 Å². The first-order valence-corrected chi connectivity index (χ1v) is 9.08. The smallest absolute Gasteiger partial charge is 0.238 e. The molecule has 6 heteroatoms. The lowest BCUT2D eigenvalue weighted by Gasteiger charge is -2.29. The van der Waals surface area contributed by atoms with Crippen LogP contribution in [0.4, 0.5) is 5.69 Å². The molecular formula is C21H21N5O. The van der Waals surface area contributed by atoms with Gasteiger partial charge in [0.05, 0.1) is 17.8 Å². The zero-order valence-electron chi connectivity index (χ0n) is 15.5. The summed E-state index contributed by atoms with van der Waals surface area (Å²) in [6, 6.07) is 10.1. The van der Waals surface area contributed by atoms with Crippen LogP contribution in [-0.2, 0) is 23.1 Å². The van der Waals surface area contributed by atoms with Crippen LogP contribution >= 0.6 is 0 Å². The number of aryl methyl sites for hydroxylation is 1. The molecule has 0 atom stereocenters. The molecule has 2 aromatic heterocycles. The van der Waals surface area contributed by atoms with Crippen molar-refractivity contribution in [1.82, 2.24) is 20.4 Å². The van der Waals surface area contributed by atoms with E-state index in [4.69, 9.17) is 0 Å². The maximum Gasteiger partial charge on any atom is 0.238 e. The Hall–Kier alpha value is -3.15. The van der Waals surface area contributed by atoms with Crippen molar-refractivity contribution in [2.24, 2.45) is 0 Å². The number of anilines is 1. The number of rotatable bonds is 5. The largest absolute Gasteiger partial charge is 0.312 e. The quantitative estimate of drug-likeness (QED) is 0.700. The second kappa shape index (κ2) is 6.87. The van der Waals surface area contributed by atoms with Crippen LogP contribution in [0.5, 0.6) is 0 Å². The Bertz CT molecular complexity index is 917. The highest BCUT2D eigenvalue weighted by atomic mass is 16.2. The summed E-state index contributed by atoms with van der Waals surface area (Å²) in [4.78, 5) is 15.6. The van der Waals surface area contributed by atoms with Gasteiger partial charge in [0, 0.05) is 24.6 Å². The molecule has 4 rings (SSSR count). The summed E-state index contributed by atoms with van der Waals surface area (Å²) in [6.07, 6.45) is 7.96. The Morgan fingerprint density at radius 3 is 2.07 bits per heavy atom. The number of hydrogen-bond acceptors (Lipinski definition) is 5. The van der Waals surface area contributed by atoms with Crippen LogP contribution in [0.15, 0.2) is 55.1 Å². The van der Waals surface area contributed by atoms with E-state index in [2.05, 4.69) is 45.5 Å². The van der Waals surface area contributed by atoms with Gasteiger partial charge in [-0.15, -0.1) is 0 Å². The number of aromatic nitrogens is 4. The third-order valence-electron chi connectivity index (χ3n) is 5.23. The molecule has 3 aromatic rings. The molecule has 0 N–H and O–H groups in total. The molecule has 0 radical (unpaired) electrons. The summed E-state index contributed by atoms with van der Waals surface area (Å²) in [7, 11) is 0. The van der Waals surface area contributed by atoms with Crippen LogP contribution in [0.2, 0.25) is 0 Å². The Kier molecular flexibility index (Phi) is 4.39. The van der Waals surface area contributed by atoms with E-state index >= 15 is 0 Å². The first kappa shape index (κ1) is 17.3. The van der Waals surface area contributed by atoms with Crippen LogP contribution in [-0.4, -0.2) is 32.8 Å². The predicted molar refractivity (Wildman–Crippen MR) is 102 cm³/mol. The SMILES string of the molecule is CCN1C(=O)C(Cc2ccnnc2)(Cc2ccnnc2)c2cc(C)ccc21. The van der Waals surface area contributed by atoms with Crippen LogP contribution < -0.4 is 4.90 Å². The monoisotopic (exact) mass is 359 g/mol. The maximum atomic E-state index is 13.7. The lowest BCUT2D eigenvalue weighted by Crippen LogP contribution is -2.43. The highest BCUT2D eigenvalue weighted by Crippen LogP contribution is 2.46. The number of carbonyl (C=O) groups is 1. The second-order valence-electron chi connectivity index (χ2n) is 7.01. The average Bonchev–Trinajstić information content (AvgIpc) is 2.91. The van der Waals surface area contributed by atoms with Gasteiger partial charge in [0.15, 0.2) is 0 Å². The topological polar surface area (TPSA) is 71.9 Å². The molecule has 1 aromatic carbocycles. The molecule has 136 valence electrons. The third kappa shape index (κ3) is 2.97. The molecule has 0 saturated heterocycles. The minimum absolute atomic E-state index is 0.124. The van der Waals surface area contributed by atoms with E-state index in [0.717, 1.165) is 27.9 Å². The standard InChI is InChI=1S/C21H21N5O/c1-3-26-19-5-4-15(2)10-18(19)21(20(26)27,11-16-6-8-22-24-13-16)12-17-7-9-23-25-14-17/h4-10,13-14H,3,11-12H2,1-2H3. The van der Waals surface area contributed by atoms with Gasteiger partial charge in [-0.1, -0.05) is 17.7 Å². The second-order valence-corrected chi connectivity index (χ2v) is 7.01. The number of benzene rings is 1. The zero-order chi connectivity index (χ0) is 18.9. The number of amides is 1. The number of carbonyl (C=O) groups excluding carboxylic acids is 1. The molecule has 27 heavy (non-hydrogen) atoms. The molecule has 6 nitrogen and oxygen atoms in total. The average molecular weight is 359 g/mol. The van der Waals surface area contributed by atoms with E-state index in [0.29, 0.717) is 19.4 Å². The van der Waals surface area contributed by atoms with Gasteiger partial charge in [-0.05, 0) is 61.6 Å². The lowest BCUT2D eigenvalue weighted by molar-refractivity contribution is -0.123. The molecule has 1 amide bonds. The Balaban J connectivity index is 1.89. The fourth-order valence-corrected chi connectivity index (χ4v) is 4.01. The van der Waals surface area contributed by atoms with Crippen molar-refractivity contribution in [3.63, 3.8) is 0 Å². The predicted octanol–water partition coefficient (Wildman–Crippen LogP) is 2.66. The number of likely N-dealkylation sites (N-methyl/N-ethyl adjacent to an activating group) is 1. The Labute approximate surface area is 158 Å². The van der Waals surface area contributed by atoms with Crippen molar-refractivity contribution in [1.29, 1.82) is 0 Å². The molecule has 0 spiro atoms. The summed E-state index contributed by atoms with van der Waals surface area (Å²) in [6.45, 7) is 4.71. The van der Waals surface area contributed by atoms with E-state index in [-0.39, 0.29) is 5.91 Å². The number of nitrogens with zero attached hydrogens (tertiary/aromatic N) is 5. The fourth-order valence-electron chi connectivity index (χ4n) is 4.01. The first-order valence-electron chi connectivity index (χ1n) is 9.08. The van der Waals surface area contributed by atoms with Crippen molar-refractivity contribution in [2.45, 2.75) is 32.1 Å². The Morgan fingerprint density at radius 1 is 0.926 bits per heavy atom. The summed E-state index contributed by atoms with van der Waals surface area (Å²) in [5.74, 6) is 0.124. The molecular weight excluding hydrogens is 338 g/mol. The lowest BCUT2D eigenvalue weighted by atomic mass is 9.72. The molecule has 0 unspecified atom stereocenters. The van der Waals surface area contributed by atoms with Gasteiger partial charge in [0.1, 0.15) is 0 Å². The maximum absolute atomic E-state index is 13.7. The number of hydrogen-bond donors (Lipinski definition) is 0. The van der Waals surface area contributed by atoms with E-state index in [1.165, 1.54) is 0 Å². The van der Waals surface area contributed by atoms with Gasteiger partial charge >= 0.3 is 0 Å². The summed E-state index contributed by atoms with van der Waals surface area (Å²) in [5.41, 5.74) is 4.50. The van der Waals surface area contributed by atoms with Gasteiger partial charge in [0.25, 0.3) is 0 Å². The van der Waals surface area contributed by atoms with Gasteiger partial charge < -0.3 is 4.90 Å². The van der Waals surface area contributed by atoms with Crippen LogP contribution in [0, 0.1) is 6.92 Å². The number of fused-ring (bicyclic) bond motifs is 1. The van der Waals surface area contributed by atoms with E-state index in [1.54, 1.807) is 24.8 Å². The van der Waals surface area contributed by atoms with E-state index < -0.39 is 5.41 Å². The highest BCUT2D eigenvalue weighted by molar-refractivity contribution is 6.08. The van der Waals surface area contributed by atoms with Crippen molar-refractivity contribution < 1.29 is 4.79 Å². The third-order valence-corrected chi connectivity index (χ3v) is 5.23. The molecule has 0 fully saturated rings. The Morgan fingerprint density at radius 2 is 1.56 bits per heavy atom. The van der Waals surface area contributed by atoms with Crippen LogP contribution in [0.3, 0.4) is 0 Å². The summed E-state index contributed by atoms with van der Waals surface area (Å²) in [5, 5.41) is 15.8. The van der Waals surface area contributed by atoms with Crippen LogP contribution in [0.1, 0.15) is 29.2 Å². The molecule has 1 aliphatic heterocycles. The highest BCUT2D eigenvalue weighted by Gasteiger charge is 2.50. The minimum atomic E-state index is -0.691. The summed E-state index contributed by atoms with van der Waals surface area (Å²) < 4.78 is 0. The van der Waals surface area contributed by atoms with Gasteiger partial charge in [0.2, 0.25) is 5.91 Å². The molecule has 0 bridgehead atoms. The first-order chi connectivity index (χ1) is 13.1. The van der Waals surface area contributed by atoms with E-state index in [1.807, 2.05) is 24.0 Å². The van der Waals surface area contributed by atoms with E-state index in [9.17, 15) is 4.79 Å². The molecule has 0 aliphatic carbocycles. The molecule has 3 heterocycles. The fraction of sp³-hybridized carbons (Fsp3) is 0.286. The van der Waals surface area contributed by atoms with Gasteiger partial charge in [-0.3, -0.25) is 4.79 Å². The molecule has 0 saturated carbocycles. The van der Waals surface area contributed by atoms with Gasteiger partial charge in [-0.25, -0.2) is 0 Å². The van der Waals surface area contributed by atoms with Crippen molar-refractivity contribution in [3.8, 4) is 0 Å². The zero-order valence-corrected chi connectivity index (χ0v) is 15.5. The minimum Gasteiger partial charge on any atom is -0.312 e.